The Morgan fingerprint density at radius 1 is 1.17 bits per heavy atom. The summed E-state index contributed by atoms with van der Waals surface area (Å²) < 4.78 is 5.13. The number of nitrogens with one attached hydrogen (secondary N) is 1. The highest BCUT2D eigenvalue weighted by Crippen LogP contribution is 2.37. The average molecular weight is 428 g/mol. The number of amides is 2. The molecule has 0 bridgehead atoms. The number of carbonyl (C=O) groups is 2. The molecule has 2 aromatic rings. The minimum Gasteiger partial charge on any atom is -0.497 e. The Balaban J connectivity index is 1.62. The predicted octanol–water partition coefficient (Wildman–Crippen LogP) is 3.87. The van der Waals surface area contributed by atoms with Crippen LogP contribution in [0.4, 0.5) is 11.4 Å². The van der Waals surface area contributed by atoms with Gasteiger partial charge in [-0.05, 0) is 49.4 Å². The van der Waals surface area contributed by atoms with Gasteiger partial charge in [0, 0.05) is 22.4 Å². The highest BCUT2D eigenvalue weighted by Gasteiger charge is 2.25. The minimum absolute atomic E-state index is 0.0243. The largest absolute Gasteiger partial charge is 0.497 e. The zero-order valence-corrected chi connectivity index (χ0v) is 18.6. The van der Waals surface area contributed by atoms with Crippen LogP contribution in [0.1, 0.15) is 20.3 Å². The fraction of sp³-hybridized carbons (Fsp3) is 0.391. The Bertz CT molecular complexity index is 872. The maximum atomic E-state index is 13.1. The molecule has 30 heavy (non-hydrogen) atoms. The molecule has 1 N–H and O–H groups in total. The third kappa shape index (κ3) is 5.77. The number of methoxy groups -OCH3 is 1. The lowest BCUT2D eigenvalue weighted by atomic mass is 10.2. The highest BCUT2D eigenvalue weighted by atomic mass is 32.2. The minimum atomic E-state index is -0.143. The fourth-order valence-electron chi connectivity index (χ4n) is 3.38. The second-order valence-corrected chi connectivity index (χ2v) is 8.79. The SMILES string of the molecule is CCN(CC(=O)Nc1ccc(OC)cc1)CC(=O)N1CC[C@@H](C)Sc2ccccc21. The van der Waals surface area contributed by atoms with Crippen molar-refractivity contribution in [3.63, 3.8) is 0 Å². The molecule has 2 aromatic carbocycles. The zero-order valence-electron chi connectivity index (χ0n) is 17.8. The number of anilines is 2. The van der Waals surface area contributed by atoms with Crippen LogP contribution in [-0.2, 0) is 9.59 Å². The molecular weight excluding hydrogens is 398 g/mol. The van der Waals surface area contributed by atoms with Crippen molar-refractivity contribution >= 4 is 35.0 Å². The number of hydrogen-bond donors (Lipinski definition) is 1. The molecule has 160 valence electrons. The second-order valence-electron chi connectivity index (χ2n) is 7.31. The van der Waals surface area contributed by atoms with Crippen LogP contribution in [0, 0.1) is 0 Å². The summed E-state index contributed by atoms with van der Waals surface area (Å²) in [4.78, 5) is 30.5. The van der Waals surface area contributed by atoms with Gasteiger partial charge in [-0.2, -0.15) is 0 Å². The number of fused-ring (bicyclic) bond motifs is 1. The lowest BCUT2D eigenvalue weighted by Gasteiger charge is -2.26. The first-order valence-electron chi connectivity index (χ1n) is 10.2. The number of ether oxygens (including phenoxy) is 1. The highest BCUT2D eigenvalue weighted by molar-refractivity contribution is 8.00. The molecular formula is C23H29N3O3S. The molecule has 1 aliphatic heterocycles. The standard InChI is InChI=1S/C23H29N3O3S/c1-4-25(15-22(27)24-18-9-11-19(29-3)12-10-18)16-23(28)26-14-13-17(2)30-21-8-6-5-7-20(21)26/h5-12,17H,4,13-16H2,1-3H3,(H,24,27)/t17-/m1/s1. The quantitative estimate of drug-likeness (QED) is 0.727. The summed E-state index contributed by atoms with van der Waals surface area (Å²) in [5.74, 6) is 0.616. The van der Waals surface area contributed by atoms with Gasteiger partial charge in [0.05, 0.1) is 25.9 Å². The van der Waals surface area contributed by atoms with E-state index in [0.717, 1.165) is 22.8 Å². The third-order valence-corrected chi connectivity index (χ3v) is 6.33. The zero-order chi connectivity index (χ0) is 21.5. The lowest BCUT2D eigenvalue weighted by Crippen LogP contribution is -2.43. The van der Waals surface area contributed by atoms with Crippen LogP contribution in [0.15, 0.2) is 53.4 Å². The van der Waals surface area contributed by atoms with Crippen LogP contribution in [-0.4, -0.2) is 55.3 Å². The number of benzene rings is 2. The van der Waals surface area contributed by atoms with Crippen LogP contribution in [0.25, 0.3) is 0 Å². The topological polar surface area (TPSA) is 61.9 Å². The Kier molecular flexibility index (Phi) is 7.76. The van der Waals surface area contributed by atoms with Crippen LogP contribution < -0.4 is 15.0 Å². The summed E-state index contributed by atoms with van der Waals surface area (Å²) >= 11 is 1.81. The monoisotopic (exact) mass is 427 g/mol. The molecule has 0 spiro atoms. The number of carbonyl (C=O) groups excluding carboxylic acids is 2. The molecule has 1 aliphatic rings. The van der Waals surface area contributed by atoms with E-state index in [0.29, 0.717) is 24.0 Å². The van der Waals surface area contributed by atoms with Gasteiger partial charge >= 0.3 is 0 Å². The number of rotatable bonds is 7. The normalized spacial score (nSPS) is 16.0. The number of nitrogens with zero attached hydrogens (tertiary/aromatic N) is 2. The van der Waals surface area contributed by atoms with Gasteiger partial charge in [-0.1, -0.05) is 26.0 Å². The number of thioether (sulfide) groups is 1. The molecule has 0 aromatic heterocycles. The molecule has 0 fully saturated rings. The van der Waals surface area contributed by atoms with Gasteiger partial charge < -0.3 is 15.0 Å². The van der Waals surface area contributed by atoms with E-state index in [-0.39, 0.29) is 24.9 Å². The first-order chi connectivity index (χ1) is 14.5. The Morgan fingerprint density at radius 3 is 2.60 bits per heavy atom. The maximum absolute atomic E-state index is 13.1. The summed E-state index contributed by atoms with van der Waals surface area (Å²) in [5.41, 5.74) is 1.67. The van der Waals surface area contributed by atoms with E-state index >= 15 is 0 Å². The first kappa shape index (κ1) is 22.2. The molecule has 7 heteroatoms. The van der Waals surface area contributed by atoms with Crippen molar-refractivity contribution in [3.8, 4) is 5.75 Å². The van der Waals surface area contributed by atoms with E-state index in [2.05, 4.69) is 18.3 Å². The van der Waals surface area contributed by atoms with Crippen LogP contribution in [0.5, 0.6) is 5.75 Å². The van der Waals surface area contributed by atoms with Crippen molar-refractivity contribution in [2.45, 2.75) is 30.4 Å². The van der Waals surface area contributed by atoms with Gasteiger partial charge in [-0.3, -0.25) is 14.5 Å². The van der Waals surface area contributed by atoms with Crippen LogP contribution in [0.2, 0.25) is 0 Å². The van der Waals surface area contributed by atoms with Crippen molar-refractivity contribution in [2.24, 2.45) is 0 Å². The van der Waals surface area contributed by atoms with Crippen molar-refractivity contribution in [1.29, 1.82) is 0 Å². The fourth-order valence-corrected chi connectivity index (χ4v) is 4.49. The van der Waals surface area contributed by atoms with E-state index in [4.69, 9.17) is 4.74 Å². The van der Waals surface area contributed by atoms with Crippen LogP contribution >= 0.6 is 11.8 Å². The summed E-state index contributed by atoms with van der Waals surface area (Å²) in [6, 6.07) is 15.2. The third-order valence-electron chi connectivity index (χ3n) is 5.09. The average Bonchev–Trinajstić information content (AvgIpc) is 2.91. The maximum Gasteiger partial charge on any atom is 0.241 e. The molecule has 0 aliphatic carbocycles. The van der Waals surface area contributed by atoms with Gasteiger partial charge in [0.15, 0.2) is 0 Å². The molecule has 2 amide bonds. The summed E-state index contributed by atoms with van der Waals surface area (Å²) in [7, 11) is 1.60. The van der Waals surface area contributed by atoms with Crippen molar-refractivity contribution in [2.75, 3.05) is 43.5 Å². The molecule has 1 atom stereocenters. The van der Waals surface area contributed by atoms with Gasteiger partial charge in [-0.25, -0.2) is 0 Å². The number of hydrogen-bond acceptors (Lipinski definition) is 5. The molecule has 0 saturated carbocycles. The van der Waals surface area contributed by atoms with Crippen LogP contribution in [0.3, 0.4) is 0 Å². The van der Waals surface area contributed by atoms with Crippen molar-refractivity contribution < 1.29 is 14.3 Å². The molecule has 0 radical (unpaired) electrons. The summed E-state index contributed by atoms with van der Waals surface area (Å²) in [6.07, 6.45) is 0.940. The Hall–Kier alpha value is -2.51. The van der Waals surface area contributed by atoms with E-state index in [1.54, 1.807) is 31.4 Å². The van der Waals surface area contributed by atoms with Gasteiger partial charge in [0.25, 0.3) is 0 Å². The summed E-state index contributed by atoms with van der Waals surface area (Å²) in [5, 5.41) is 3.34. The van der Waals surface area contributed by atoms with E-state index in [1.807, 2.05) is 46.7 Å². The summed E-state index contributed by atoms with van der Waals surface area (Å²) in [6.45, 7) is 5.83. The Labute approximate surface area is 182 Å². The van der Waals surface area contributed by atoms with Gasteiger partial charge in [0.1, 0.15) is 5.75 Å². The van der Waals surface area contributed by atoms with Crippen molar-refractivity contribution in [3.05, 3.63) is 48.5 Å². The van der Waals surface area contributed by atoms with E-state index < -0.39 is 0 Å². The lowest BCUT2D eigenvalue weighted by molar-refractivity contribution is -0.121. The van der Waals surface area contributed by atoms with E-state index in [1.165, 1.54) is 0 Å². The van der Waals surface area contributed by atoms with E-state index in [9.17, 15) is 9.59 Å². The van der Waals surface area contributed by atoms with Crippen molar-refractivity contribution in [1.82, 2.24) is 4.90 Å². The number of likely N-dealkylation sites (N-methyl/N-ethyl adjacent to an activating group) is 1. The van der Waals surface area contributed by atoms with Gasteiger partial charge in [0.2, 0.25) is 11.8 Å². The first-order valence-corrected chi connectivity index (χ1v) is 11.1. The van der Waals surface area contributed by atoms with Gasteiger partial charge in [-0.15, -0.1) is 11.8 Å². The molecule has 0 unspecified atom stereocenters. The molecule has 3 rings (SSSR count). The number of para-hydroxylation sites is 1. The Morgan fingerprint density at radius 2 is 1.90 bits per heavy atom. The predicted molar refractivity (Wildman–Crippen MR) is 122 cm³/mol. The second kappa shape index (κ2) is 10.5. The smallest absolute Gasteiger partial charge is 0.241 e. The molecule has 6 nitrogen and oxygen atoms in total. The molecule has 1 heterocycles. The molecule has 0 saturated heterocycles.